The Morgan fingerprint density at radius 1 is 1.18 bits per heavy atom. The van der Waals surface area contributed by atoms with Gasteiger partial charge in [0.25, 0.3) is 0 Å². The summed E-state index contributed by atoms with van der Waals surface area (Å²) >= 11 is 0. The van der Waals surface area contributed by atoms with Crippen molar-refractivity contribution in [3.8, 4) is 0 Å². The van der Waals surface area contributed by atoms with Crippen LogP contribution < -0.4 is 5.32 Å². The Labute approximate surface area is 105 Å². The number of rotatable bonds is 8. The first-order valence-electron chi connectivity index (χ1n) is 6.61. The largest absolute Gasteiger partial charge is 0.377 e. The zero-order valence-corrected chi connectivity index (χ0v) is 11.3. The molecule has 0 amide bonds. The molecule has 0 saturated heterocycles. The van der Waals surface area contributed by atoms with Crippen molar-refractivity contribution in [2.24, 2.45) is 0 Å². The maximum Gasteiger partial charge on any atom is 0.0671 e. The molecule has 1 aromatic carbocycles. The second-order valence-electron chi connectivity index (χ2n) is 4.63. The number of hydrogen-bond donors (Lipinski definition) is 1. The predicted molar refractivity (Wildman–Crippen MR) is 73.3 cm³/mol. The van der Waals surface area contributed by atoms with Gasteiger partial charge in [-0.25, -0.2) is 0 Å². The quantitative estimate of drug-likeness (QED) is 0.748. The van der Waals surface area contributed by atoms with Crippen molar-refractivity contribution in [2.75, 3.05) is 13.2 Å². The Morgan fingerprint density at radius 2 is 1.88 bits per heavy atom. The van der Waals surface area contributed by atoms with E-state index in [4.69, 9.17) is 4.74 Å². The number of hydrogen-bond acceptors (Lipinski definition) is 2. The highest BCUT2D eigenvalue weighted by molar-refractivity contribution is 5.14. The van der Waals surface area contributed by atoms with E-state index < -0.39 is 0 Å². The minimum Gasteiger partial charge on any atom is -0.377 e. The molecular weight excluding hydrogens is 210 g/mol. The molecule has 0 heterocycles. The molecule has 0 aliphatic rings. The highest BCUT2D eigenvalue weighted by Gasteiger charge is 2.04. The molecule has 0 radical (unpaired) electrons. The van der Waals surface area contributed by atoms with Gasteiger partial charge >= 0.3 is 0 Å². The molecule has 2 atom stereocenters. The van der Waals surface area contributed by atoms with Gasteiger partial charge in [-0.2, -0.15) is 0 Å². The van der Waals surface area contributed by atoms with Crippen molar-refractivity contribution >= 4 is 0 Å². The standard InChI is InChI=1S/C15H25NO/c1-4-13(2)16-12-14(3)17-11-10-15-8-6-5-7-9-15/h5-9,13-14,16H,4,10-12H2,1-3H3. The average Bonchev–Trinajstić information content (AvgIpc) is 2.37. The summed E-state index contributed by atoms with van der Waals surface area (Å²) in [5, 5.41) is 3.46. The van der Waals surface area contributed by atoms with E-state index in [1.54, 1.807) is 0 Å². The topological polar surface area (TPSA) is 21.3 Å². The van der Waals surface area contributed by atoms with Gasteiger partial charge in [0, 0.05) is 12.6 Å². The van der Waals surface area contributed by atoms with Crippen molar-refractivity contribution in [1.82, 2.24) is 5.32 Å². The summed E-state index contributed by atoms with van der Waals surface area (Å²) in [5.41, 5.74) is 1.34. The molecule has 0 aromatic heterocycles. The van der Waals surface area contributed by atoms with Crippen LogP contribution in [0.2, 0.25) is 0 Å². The van der Waals surface area contributed by atoms with Crippen molar-refractivity contribution < 1.29 is 4.74 Å². The minimum absolute atomic E-state index is 0.285. The molecule has 0 aliphatic carbocycles. The van der Waals surface area contributed by atoms with Crippen LogP contribution >= 0.6 is 0 Å². The first kappa shape index (κ1) is 14.2. The third kappa shape index (κ3) is 6.44. The van der Waals surface area contributed by atoms with Crippen molar-refractivity contribution in [3.63, 3.8) is 0 Å². The Balaban J connectivity index is 2.10. The first-order valence-corrected chi connectivity index (χ1v) is 6.61. The van der Waals surface area contributed by atoms with Gasteiger partial charge in [0.2, 0.25) is 0 Å². The average molecular weight is 235 g/mol. The minimum atomic E-state index is 0.285. The lowest BCUT2D eigenvalue weighted by atomic mass is 10.2. The van der Waals surface area contributed by atoms with E-state index in [0.29, 0.717) is 6.04 Å². The van der Waals surface area contributed by atoms with Crippen LogP contribution in [0.25, 0.3) is 0 Å². The first-order chi connectivity index (χ1) is 8.22. The molecule has 96 valence electrons. The van der Waals surface area contributed by atoms with Crippen LogP contribution in [0.15, 0.2) is 30.3 Å². The zero-order valence-electron chi connectivity index (χ0n) is 11.3. The van der Waals surface area contributed by atoms with Gasteiger partial charge in [0.15, 0.2) is 0 Å². The van der Waals surface area contributed by atoms with E-state index in [9.17, 15) is 0 Å². The van der Waals surface area contributed by atoms with Crippen LogP contribution in [-0.4, -0.2) is 25.3 Å². The van der Waals surface area contributed by atoms with E-state index in [1.165, 1.54) is 5.56 Å². The van der Waals surface area contributed by atoms with E-state index in [2.05, 4.69) is 50.4 Å². The molecule has 1 aromatic rings. The van der Waals surface area contributed by atoms with E-state index in [-0.39, 0.29) is 6.10 Å². The van der Waals surface area contributed by atoms with Gasteiger partial charge in [-0.3, -0.25) is 0 Å². The van der Waals surface area contributed by atoms with Crippen LogP contribution in [0, 0.1) is 0 Å². The van der Waals surface area contributed by atoms with Crippen LogP contribution in [0.5, 0.6) is 0 Å². The molecular formula is C15H25NO. The van der Waals surface area contributed by atoms with E-state index in [0.717, 1.165) is 26.0 Å². The zero-order chi connectivity index (χ0) is 12.5. The fourth-order valence-corrected chi connectivity index (χ4v) is 1.59. The summed E-state index contributed by atoms with van der Waals surface area (Å²) in [6.07, 6.45) is 2.44. The van der Waals surface area contributed by atoms with Crippen molar-refractivity contribution in [1.29, 1.82) is 0 Å². The molecule has 2 nitrogen and oxygen atoms in total. The highest BCUT2D eigenvalue weighted by Crippen LogP contribution is 2.01. The van der Waals surface area contributed by atoms with Gasteiger partial charge in [-0.05, 0) is 32.3 Å². The summed E-state index contributed by atoms with van der Waals surface area (Å²) in [7, 11) is 0. The molecule has 1 N–H and O–H groups in total. The van der Waals surface area contributed by atoms with Crippen LogP contribution in [0.3, 0.4) is 0 Å². The molecule has 1 rings (SSSR count). The van der Waals surface area contributed by atoms with Crippen LogP contribution in [-0.2, 0) is 11.2 Å². The van der Waals surface area contributed by atoms with Gasteiger partial charge < -0.3 is 10.1 Å². The Morgan fingerprint density at radius 3 is 2.53 bits per heavy atom. The van der Waals surface area contributed by atoms with Gasteiger partial charge in [-0.1, -0.05) is 37.3 Å². The number of ether oxygens (including phenoxy) is 1. The SMILES string of the molecule is CCC(C)NCC(C)OCCc1ccccc1. The second-order valence-corrected chi connectivity index (χ2v) is 4.63. The fourth-order valence-electron chi connectivity index (χ4n) is 1.59. The molecule has 2 heteroatoms. The number of benzene rings is 1. The van der Waals surface area contributed by atoms with Gasteiger partial charge in [0.05, 0.1) is 12.7 Å². The monoisotopic (exact) mass is 235 g/mol. The summed E-state index contributed by atoms with van der Waals surface area (Å²) < 4.78 is 5.78. The molecule has 0 spiro atoms. The Kier molecular flexibility index (Phi) is 6.90. The third-order valence-electron chi connectivity index (χ3n) is 3.00. The summed E-state index contributed by atoms with van der Waals surface area (Å²) in [6, 6.07) is 11.1. The summed E-state index contributed by atoms with van der Waals surface area (Å²) in [4.78, 5) is 0. The van der Waals surface area contributed by atoms with Crippen molar-refractivity contribution in [3.05, 3.63) is 35.9 Å². The molecule has 0 bridgehead atoms. The van der Waals surface area contributed by atoms with E-state index in [1.807, 2.05) is 6.07 Å². The van der Waals surface area contributed by atoms with Crippen LogP contribution in [0.4, 0.5) is 0 Å². The normalized spacial score (nSPS) is 14.5. The van der Waals surface area contributed by atoms with Crippen LogP contribution in [0.1, 0.15) is 32.8 Å². The molecule has 0 saturated carbocycles. The molecule has 2 unspecified atom stereocenters. The lowest BCUT2D eigenvalue weighted by Gasteiger charge is -2.17. The van der Waals surface area contributed by atoms with Gasteiger partial charge in [-0.15, -0.1) is 0 Å². The molecule has 0 fully saturated rings. The third-order valence-corrected chi connectivity index (χ3v) is 3.00. The summed E-state index contributed by atoms with van der Waals surface area (Å²) in [6.45, 7) is 8.26. The lowest BCUT2D eigenvalue weighted by Crippen LogP contribution is -2.33. The Hall–Kier alpha value is -0.860. The maximum absolute atomic E-state index is 5.78. The van der Waals surface area contributed by atoms with Gasteiger partial charge in [0.1, 0.15) is 0 Å². The second kappa shape index (κ2) is 8.26. The van der Waals surface area contributed by atoms with E-state index >= 15 is 0 Å². The lowest BCUT2D eigenvalue weighted by molar-refractivity contribution is 0.0664. The molecule has 17 heavy (non-hydrogen) atoms. The Bertz CT molecular complexity index is 286. The fraction of sp³-hybridized carbons (Fsp3) is 0.600. The number of nitrogens with one attached hydrogen (secondary N) is 1. The highest BCUT2D eigenvalue weighted by atomic mass is 16.5. The molecule has 0 aliphatic heterocycles. The predicted octanol–water partition coefficient (Wildman–Crippen LogP) is 3.02. The van der Waals surface area contributed by atoms with Crippen molar-refractivity contribution in [2.45, 2.75) is 45.8 Å². The maximum atomic E-state index is 5.78. The summed E-state index contributed by atoms with van der Waals surface area (Å²) in [5.74, 6) is 0. The smallest absolute Gasteiger partial charge is 0.0671 e.